The molecule has 0 bridgehead atoms. The number of carbonyl (C=O) groups excluding carboxylic acids is 2. The minimum atomic E-state index is -0.567. The molecule has 0 saturated carbocycles. The van der Waals surface area contributed by atoms with Gasteiger partial charge in [-0.25, -0.2) is 0 Å². The van der Waals surface area contributed by atoms with Crippen molar-refractivity contribution in [3.05, 3.63) is 64.7 Å². The second kappa shape index (κ2) is 8.65. The van der Waals surface area contributed by atoms with Gasteiger partial charge in [0.15, 0.2) is 5.78 Å². The lowest BCUT2D eigenvalue weighted by Crippen LogP contribution is -2.33. The van der Waals surface area contributed by atoms with E-state index in [-0.39, 0.29) is 41.3 Å². The van der Waals surface area contributed by atoms with E-state index in [9.17, 15) is 14.7 Å². The highest BCUT2D eigenvalue weighted by Crippen LogP contribution is 2.40. The predicted octanol–water partition coefficient (Wildman–Crippen LogP) is 4.35. The first-order chi connectivity index (χ1) is 15.2. The van der Waals surface area contributed by atoms with Crippen LogP contribution in [0.15, 0.2) is 42.5 Å². The summed E-state index contributed by atoms with van der Waals surface area (Å²) in [5.74, 6) is -1.22. The van der Waals surface area contributed by atoms with Crippen molar-refractivity contribution in [2.75, 3.05) is 13.1 Å². The first-order valence-corrected chi connectivity index (χ1v) is 11.3. The third-order valence-corrected chi connectivity index (χ3v) is 6.36. The molecule has 0 aliphatic carbocycles. The van der Waals surface area contributed by atoms with E-state index in [0.29, 0.717) is 16.7 Å². The van der Waals surface area contributed by atoms with Gasteiger partial charge in [-0.05, 0) is 28.5 Å². The fraction of sp³-hybridized carbons (Fsp3) is 0.444. The SMILES string of the molecule is CC(C)(C)c1cc(C(=O)CN2C[C@H](C(N)=O)[C@@H](c3ccccc3)C2=N)cc(C(C)(C)C)c1O. The summed E-state index contributed by atoms with van der Waals surface area (Å²) in [6, 6.07) is 12.9. The van der Waals surface area contributed by atoms with E-state index in [4.69, 9.17) is 11.1 Å². The van der Waals surface area contributed by atoms with Crippen LogP contribution in [0.2, 0.25) is 0 Å². The lowest BCUT2D eigenvalue weighted by molar-refractivity contribution is -0.121. The number of amidine groups is 1. The molecule has 1 aliphatic rings. The number of Topliss-reactive ketones (excluding diaryl/α,β-unsaturated/α-hetero) is 1. The van der Waals surface area contributed by atoms with Crippen LogP contribution in [0, 0.1) is 11.3 Å². The monoisotopic (exact) mass is 449 g/mol. The van der Waals surface area contributed by atoms with Crippen molar-refractivity contribution in [2.45, 2.75) is 58.3 Å². The molecule has 0 spiro atoms. The van der Waals surface area contributed by atoms with E-state index in [1.54, 1.807) is 17.0 Å². The molecule has 1 saturated heterocycles. The molecule has 33 heavy (non-hydrogen) atoms. The molecule has 0 radical (unpaired) electrons. The zero-order valence-corrected chi connectivity index (χ0v) is 20.4. The van der Waals surface area contributed by atoms with Crippen molar-refractivity contribution in [1.82, 2.24) is 4.90 Å². The molecule has 2 atom stereocenters. The number of carbonyl (C=O) groups is 2. The smallest absolute Gasteiger partial charge is 0.223 e. The predicted molar refractivity (Wildman–Crippen MR) is 131 cm³/mol. The number of nitrogens with one attached hydrogen (secondary N) is 1. The Morgan fingerprint density at radius 3 is 2.00 bits per heavy atom. The van der Waals surface area contributed by atoms with Gasteiger partial charge in [0.05, 0.1) is 18.4 Å². The molecule has 4 N–H and O–H groups in total. The van der Waals surface area contributed by atoms with Gasteiger partial charge in [-0.2, -0.15) is 0 Å². The van der Waals surface area contributed by atoms with Crippen LogP contribution in [0.5, 0.6) is 5.75 Å². The molecule has 2 aromatic carbocycles. The van der Waals surface area contributed by atoms with Gasteiger partial charge < -0.3 is 15.7 Å². The zero-order valence-electron chi connectivity index (χ0n) is 20.4. The first-order valence-electron chi connectivity index (χ1n) is 11.3. The number of phenolic OH excluding ortho intramolecular Hbond substituents is 1. The third kappa shape index (κ3) is 4.95. The lowest BCUT2D eigenvalue weighted by atomic mass is 9.78. The molecular formula is C27H35N3O3. The average molecular weight is 450 g/mol. The van der Waals surface area contributed by atoms with E-state index in [2.05, 4.69) is 0 Å². The van der Waals surface area contributed by atoms with Crippen LogP contribution in [-0.2, 0) is 15.6 Å². The third-order valence-electron chi connectivity index (χ3n) is 6.36. The van der Waals surface area contributed by atoms with Crippen molar-refractivity contribution in [1.29, 1.82) is 5.41 Å². The second-order valence-corrected chi connectivity index (χ2v) is 11.0. The summed E-state index contributed by atoms with van der Waals surface area (Å²) < 4.78 is 0. The number of phenols is 1. The molecule has 6 nitrogen and oxygen atoms in total. The Morgan fingerprint density at radius 1 is 1.03 bits per heavy atom. The molecule has 0 unspecified atom stereocenters. The van der Waals surface area contributed by atoms with Gasteiger partial charge in [0.25, 0.3) is 0 Å². The standard InChI is InChI=1S/C27H35N3O3/c1-26(2,3)19-12-17(13-20(23(19)32)27(4,5)6)21(31)15-30-14-18(25(29)33)22(24(30)28)16-10-8-7-9-11-16/h7-13,18,22,28,32H,14-15H2,1-6H3,(H2,29,33)/t18-,22+/m0/s1. The van der Waals surface area contributed by atoms with E-state index in [1.807, 2.05) is 71.9 Å². The van der Waals surface area contributed by atoms with Gasteiger partial charge in [-0.3, -0.25) is 15.0 Å². The van der Waals surface area contributed by atoms with E-state index in [0.717, 1.165) is 5.56 Å². The van der Waals surface area contributed by atoms with Crippen LogP contribution < -0.4 is 5.73 Å². The van der Waals surface area contributed by atoms with Crippen molar-refractivity contribution >= 4 is 17.5 Å². The molecule has 0 aromatic heterocycles. The van der Waals surface area contributed by atoms with E-state index < -0.39 is 17.7 Å². The number of likely N-dealkylation sites (tertiary alicyclic amines) is 1. The summed E-state index contributed by atoms with van der Waals surface area (Å²) >= 11 is 0. The number of primary amides is 1. The fourth-order valence-corrected chi connectivity index (χ4v) is 4.49. The Hall–Kier alpha value is -3.15. The summed E-state index contributed by atoms with van der Waals surface area (Å²) in [5, 5.41) is 19.7. The Labute approximate surface area is 196 Å². The number of rotatable bonds is 5. The van der Waals surface area contributed by atoms with Crippen LogP contribution >= 0.6 is 0 Å². The Morgan fingerprint density at radius 2 is 1.55 bits per heavy atom. The molecule has 1 fully saturated rings. The summed E-state index contributed by atoms with van der Waals surface area (Å²) in [5.41, 5.74) is 7.73. The van der Waals surface area contributed by atoms with Gasteiger partial charge >= 0.3 is 0 Å². The van der Waals surface area contributed by atoms with Crippen molar-refractivity contribution in [3.8, 4) is 5.75 Å². The number of hydrogen-bond acceptors (Lipinski definition) is 4. The highest BCUT2D eigenvalue weighted by molar-refractivity contribution is 6.03. The number of nitrogens with zero attached hydrogens (tertiary/aromatic N) is 1. The number of benzene rings is 2. The van der Waals surface area contributed by atoms with Gasteiger partial charge in [0.2, 0.25) is 5.91 Å². The average Bonchev–Trinajstić information content (AvgIpc) is 3.03. The maximum absolute atomic E-state index is 13.4. The molecule has 1 heterocycles. The minimum absolute atomic E-state index is 0.0239. The maximum Gasteiger partial charge on any atom is 0.223 e. The molecule has 6 heteroatoms. The van der Waals surface area contributed by atoms with E-state index in [1.165, 1.54) is 0 Å². The molecule has 2 aromatic rings. The van der Waals surface area contributed by atoms with Crippen LogP contribution in [0.3, 0.4) is 0 Å². The highest BCUT2D eigenvalue weighted by Gasteiger charge is 2.42. The summed E-state index contributed by atoms with van der Waals surface area (Å²) in [6.45, 7) is 12.2. The van der Waals surface area contributed by atoms with Crippen molar-refractivity contribution in [3.63, 3.8) is 0 Å². The Balaban J connectivity index is 1.95. The summed E-state index contributed by atoms with van der Waals surface area (Å²) in [4.78, 5) is 27.2. The lowest BCUT2D eigenvalue weighted by Gasteiger charge is -2.28. The molecular weight excluding hydrogens is 414 g/mol. The van der Waals surface area contributed by atoms with Crippen molar-refractivity contribution < 1.29 is 14.7 Å². The Bertz CT molecular complexity index is 1040. The van der Waals surface area contributed by atoms with Gasteiger partial charge in [-0.1, -0.05) is 71.9 Å². The topological polar surface area (TPSA) is 107 Å². The first kappa shape index (κ1) is 24.5. The normalized spacial score (nSPS) is 19.1. The molecule has 1 aliphatic heterocycles. The van der Waals surface area contributed by atoms with Gasteiger partial charge in [-0.15, -0.1) is 0 Å². The largest absolute Gasteiger partial charge is 0.507 e. The van der Waals surface area contributed by atoms with Crippen molar-refractivity contribution in [2.24, 2.45) is 11.7 Å². The van der Waals surface area contributed by atoms with Crippen LogP contribution in [-0.4, -0.2) is 40.6 Å². The summed E-state index contributed by atoms with van der Waals surface area (Å²) in [6.07, 6.45) is 0. The van der Waals surface area contributed by atoms with Crippen LogP contribution in [0.25, 0.3) is 0 Å². The van der Waals surface area contributed by atoms with Crippen LogP contribution in [0.4, 0.5) is 0 Å². The van der Waals surface area contributed by atoms with Gasteiger partial charge in [0.1, 0.15) is 11.6 Å². The Kier molecular flexibility index (Phi) is 6.42. The van der Waals surface area contributed by atoms with Gasteiger partial charge in [0, 0.05) is 23.2 Å². The van der Waals surface area contributed by atoms with E-state index >= 15 is 0 Å². The summed E-state index contributed by atoms with van der Waals surface area (Å²) in [7, 11) is 0. The molecule has 1 amide bonds. The van der Waals surface area contributed by atoms with Crippen LogP contribution in [0.1, 0.15) is 74.5 Å². The number of amides is 1. The zero-order chi connectivity index (χ0) is 24.7. The number of ketones is 1. The number of aromatic hydroxyl groups is 1. The molecule has 176 valence electrons. The quantitative estimate of drug-likeness (QED) is 0.590. The fourth-order valence-electron chi connectivity index (χ4n) is 4.49. The second-order valence-electron chi connectivity index (χ2n) is 11.0. The maximum atomic E-state index is 13.4. The number of nitrogens with two attached hydrogens (primary N) is 1. The highest BCUT2D eigenvalue weighted by atomic mass is 16.3. The molecule has 3 rings (SSSR count). The number of hydrogen-bond donors (Lipinski definition) is 3. The minimum Gasteiger partial charge on any atom is -0.507 e.